The van der Waals surface area contributed by atoms with Crippen molar-refractivity contribution >= 4 is 11.9 Å². The minimum atomic E-state index is -0.786. The van der Waals surface area contributed by atoms with E-state index in [1.807, 2.05) is 0 Å². The van der Waals surface area contributed by atoms with Crippen molar-refractivity contribution in [3.63, 3.8) is 0 Å². The van der Waals surface area contributed by atoms with E-state index >= 15 is 0 Å². The second kappa shape index (κ2) is 51.6. The molecule has 0 fully saturated rings. The standard InChI is InChI=1S/C57H111NO5/c1-4-7-10-13-16-19-21-23-25-27-28-29-31-33-35-38-41-44-47-50-57(62)63-53(48-45-42-39-36-18-15-12-9-6-3)51-56(61)58-54(52-59)55(60)49-46-43-40-37-34-32-30-26-24-22-20-17-14-11-8-5-2/h15,18,53-55,59-60H,4-14,16-17,19-52H2,1-3H3,(H,58,61)/b18-15-. The lowest BCUT2D eigenvalue weighted by Crippen LogP contribution is -2.46. The number of allylic oxidation sites excluding steroid dienone is 2. The summed E-state index contributed by atoms with van der Waals surface area (Å²) in [4.78, 5) is 26.1. The lowest BCUT2D eigenvalue weighted by Gasteiger charge is -2.24. The molecule has 1 amide bonds. The molecule has 0 aromatic rings. The number of carbonyl (C=O) groups excluding carboxylic acids is 2. The number of hydrogen-bond donors (Lipinski definition) is 3. The Bertz CT molecular complexity index is 955. The molecule has 63 heavy (non-hydrogen) atoms. The molecule has 6 heteroatoms. The highest BCUT2D eigenvalue weighted by Crippen LogP contribution is 2.19. The van der Waals surface area contributed by atoms with E-state index in [4.69, 9.17) is 4.74 Å². The average molecular weight is 891 g/mol. The highest BCUT2D eigenvalue weighted by molar-refractivity contribution is 5.77. The first-order chi connectivity index (χ1) is 31.0. The molecule has 3 atom stereocenters. The summed E-state index contributed by atoms with van der Waals surface area (Å²) in [6, 6.07) is -0.700. The number of rotatable bonds is 52. The van der Waals surface area contributed by atoms with Crippen LogP contribution in [0.5, 0.6) is 0 Å². The molecule has 0 rings (SSSR count). The summed E-state index contributed by atoms with van der Waals surface area (Å²) in [6.07, 6.45) is 58.6. The third-order valence-corrected chi connectivity index (χ3v) is 13.3. The minimum absolute atomic E-state index is 0.0735. The summed E-state index contributed by atoms with van der Waals surface area (Å²) >= 11 is 0. The van der Waals surface area contributed by atoms with Crippen molar-refractivity contribution in [2.45, 2.75) is 334 Å². The van der Waals surface area contributed by atoms with Gasteiger partial charge in [0, 0.05) is 6.42 Å². The molecule has 0 radical (unpaired) electrons. The Labute approximate surface area is 393 Å². The summed E-state index contributed by atoms with van der Waals surface area (Å²) in [5, 5.41) is 23.8. The summed E-state index contributed by atoms with van der Waals surface area (Å²) in [5.74, 6) is -0.471. The lowest BCUT2D eigenvalue weighted by atomic mass is 10.0. The summed E-state index contributed by atoms with van der Waals surface area (Å²) in [5.41, 5.74) is 0. The van der Waals surface area contributed by atoms with Crippen molar-refractivity contribution in [1.82, 2.24) is 5.32 Å². The first-order valence-corrected chi connectivity index (χ1v) is 28.4. The summed E-state index contributed by atoms with van der Waals surface area (Å²) < 4.78 is 5.93. The predicted molar refractivity (Wildman–Crippen MR) is 273 cm³/mol. The molecule has 0 saturated heterocycles. The second-order valence-corrected chi connectivity index (χ2v) is 19.7. The predicted octanol–water partition coefficient (Wildman–Crippen LogP) is 17.3. The molecule has 0 aliphatic rings. The summed E-state index contributed by atoms with van der Waals surface area (Å²) in [6.45, 7) is 6.48. The van der Waals surface area contributed by atoms with Gasteiger partial charge in [-0.2, -0.15) is 0 Å². The van der Waals surface area contributed by atoms with Crippen LogP contribution < -0.4 is 5.32 Å². The second-order valence-electron chi connectivity index (χ2n) is 19.7. The topological polar surface area (TPSA) is 95.9 Å². The van der Waals surface area contributed by atoms with Crippen LogP contribution in [0.1, 0.15) is 316 Å². The van der Waals surface area contributed by atoms with Crippen LogP contribution in [0.2, 0.25) is 0 Å². The Morgan fingerprint density at radius 2 is 0.778 bits per heavy atom. The van der Waals surface area contributed by atoms with Gasteiger partial charge >= 0.3 is 5.97 Å². The number of aliphatic hydroxyl groups is 2. The van der Waals surface area contributed by atoms with Crippen LogP contribution in [0.25, 0.3) is 0 Å². The van der Waals surface area contributed by atoms with Gasteiger partial charge in [-0.15, -0.1) is 0 Å². The number of ether oxygens (including phenoxy) is 1. The van der Waals surface area contributed by atoms with Crippen LogP contribution in [0.3, 0.4) is 0 Å². The molecule has 0 aromatic heterocycles. The third kappa shape index (κ3) is 46.9. The van der Waals surface area contributed by atoms with Crippen LogP contribution in [-0.2, 0) is 14.3 Å². The van der Waals surface area contributed by atoms with Crippen LogP contribution in [0.4, 0.5) is 0 Å². The van der Waals surface area contributed by atoms with Gasteiger partial charge in [0.1, 0.15) is 6.10 Å². The number of carbonyl (C=O) groups is 2. The highest BCUT2D eigenvalue weighted by atomic mass is 16.5. The van der Waals surface area contributed by atoms with Gasteiger partial charge in [0.05, 0.1) is 25.2 Å². The van der Waals surface area contributed by atoms with Crippen LogP contribution >= 0.6 is 0 Å². The van der Waals surface area contributed by atoms with E-state index in [0.717, 1.165) is 64.2 Å². The fourth-order valence-electron chi connectivity index (χ4n) is 9.00. The maximum atomic E-state index is 13.2. The number of hydrogen-bond acceptors (Lipinski definition) is 5. The molecule has 3 unspecified atom stereocenters. The van der Waals surface area contributed by atoms with Crippen molar-refractivity contribution in [3.8, 4) is 0 Å². The van der Waals surface area contributed by atoms with Gasteiger partial charge in [-0.1, -0.05) is 270 Å². The number of aliphatic hydroxyl groups excluding tert-OH is 2. The fourth-order valence-corrected chi connectivity index (χ4v) is 9.00. The molecule has 0 aliphatic carbocycles. The van der Waals surface area contributed by atoms with E-state index in [1.165, 1.54) is 205 Å². The number of esters is 1. The zero-order valence-electron chi connectivity index (χ0n) is 42.7. The molecule has 0 bridgehead atoms. The van der Waals surface area contributed by atoms with Crippen LogP contribution in [0, 0.1) is 0 Å². The van der Waals surface area contributed by atoms with Gasteiger partial charge < -0.3 is 20.3 Å². The molecule has 3 N–H and O–H groups in total. The largest absolute Gasteiger partial charge is 0.462 e. The minimum Gasteiger partial charge on any atom is -0.462 e. The first kappa shape index (κ1) is 61.6. The Hall–Kier alpha value is -1.40. The van der Waals surface area contributed by atoms with Gasteiger partial charge in [0.15, 0.2) is 0 Å². The molecular weight excluding hydrogens is 779 g/mol. The molecule has 6 nitrogen and oxygen atoms in total. The van der Waals surface area contributed by atoms with Gasteiger partial charge in [-0.05, 0) is 44.9 Å². The van der Waals surface area contributed by atoms with Gasteiger partial charge in [-0.3, -0.25) is 9.59 Å². The molecule has 0 spiro atoms. The van der Waals surface area contributed by atoms with Crippen molar-refractivity contribution in [1.29, 1.82) is 0 Å². The lowest BCUT2D eigenvalue weighted by molar-refractivity contribution is -0.151. The monoisotopic (exact) mass is 890 g/mol. The van der Waals surface area contributed by atoms with Crippen molar-refractivity contribution in [2.75, 3.05) is 6.61 Å². The molecule has 0 aliphatic heterocycles. The van der Waals surface area contributed by atoms with Crippen LogP contribution in [0.15, 0.2) is 12.2 Å². The molecule has 0 heterocycles. The Morgan fingerprint density at radius 3 is 1.17 bits per heavy atom. The Balaban J connectivity index is 4.33. The van der Waals surface area contributed by atoms with E-state index in [-0.39, 0.29) is 24.9 Å². The van der Waals surface area contributed by atoms with E-state index in [1.54, 1.807) is 0 Å². The zero-order valence-corrected chi connectivity index (χ0v) is 42.7. The molecule has 0 saturated carbocycles. The van der Waals surface area contributed by atoms with Gasteiger partial charge in [0.2, 0.25) is 5.91 Å². The molecule has 374 valence electrons. The smallest absolute Gasteiger partial charge is 0.306 e. The highest BCUT2D eigenvalue weighted by Gasteiger charge is 2.24. The van der Waals surface area contributed by atoms with Gasteiger partial charge in [-0.25, -0.2) is 0 Å². The van der Waals surface area contributed by atoms with Crippen LogP contribution in [-0.4, -0.2) is 46.9 Å². The number of unbranched alkanes of at least 4 members (excludes halogenated alkanes) is 38. The first-order valence-electron chi connectivity index (χ1n) is 28.4. The van der Waals surface area contributed by atoms with E-state index in [9.17, 15) is 19.8 Å². The SMILES string of the molecule is CCCC/C=C\CCCCCC(CC(=O)NC(CO)C(O)CCCCCCCCCCCCCCCCCC)OC(=O)CCCCCCCCCCCCCCCCCCCCC. The van der Waals surface area contributed by atoms with Gasteiger partial charge in [0.25, 0.3) is 0 Å². The number of nitrogens with one attached hydrogen (secondary N) is 1. The number of amides is 1. The Morgan fingerprint density at radius 1 is 0.444 bits per heavy atom. The van der Waals surface area contributed by atoms with Crippen molar-refractivity contribution < 1.29 is 24.5 Å². The maximum absolute atomic E-state index is 13.2. The Kier molecular flexibility index (Phi) is 50.4. The average Bonchev–Trinajstić information content (AvgIpc) is 3.28. The molecule has 0 aromatic carbocycles. The summed E-state index contributed by atoms with van der Waals surface area (Å²) in [7, 11) is 0. The third-order valence-electron chi connectivity index (χ3n) is 13.3. The quantitative estimate of drug-likeness (QED) is 0.0321. The maximum Gasteiger partial charge on any atom is 0.306 e. The zero-order chi connectivity index (χ0) is 45.9. The van der Waals surface area contributed by atoms with E-state index in [2.05, 4.69) is 38.2 Å². The van der Waals surface area contributed by atoms with Crippen molar-refractivity contribution in [3.05, 3.63) is 12.2 Å². The van der Waals surface area contributed by atoms with E-state index < -0.39 is 18.2 Å². The molecular formula is C57H111NO5. The fraction of sp³-hybridized carbons (Fsp3) is 0.930. The normalized spacial score (nSPS) is 13.2. The van der Waals surface area contributed by atoms with E-state index in [0.29, 0.717) is 19.3 Å². The van der Waals surface area contributed by atoms with Crippen molar-refractivity contribution in [2.24, 2.45) is 0 Å².